The standard InChI is InChI=1S/C28H30N2O2/c1-21-12-14-24(15-13-21)27(23-8-4-2-5-9-23)28(32)30-18-16-22(17-19-30)20-26(31)29-25-10-6-3-7-11-25/h2-15,22,27H,16-20H2,1H3,(H,29,31). The van der Waals surface area contributed by atoms with Crippen molar-refractivity contribution in [2.45, 2.75) is 32.1 Å². The summed E-state index contributed by atoms with van der Waals surface area (Å²) in [5, 5.41) is 2.97. The number of carbonyl (C=O) groups is 2. The van der Waals surface area contributed by atoms with Gasteiger partial charge in [0.1, 0.15) is 0 Å². The first-order chi connectivity index (χ1) is 15.6. The molecule has 1 N–H and O–H groups in total. The zero-order valence-corrected chi connectivity index (χ0v) is 18.5. The summed E-state index contributed by atoms with van der Waals surface area (Å²) in [4.78, 5) is 28.0. The van der Waals surface area contributed by atoms with Gasteiger partial charge in [-0.05, 0) is 48.9 Å². The Morgan fingerprint density at radius 2 is 1.41 bits per heavy atom. The molecule has 1 saturated heterocycles. The van der Waals surface area contributed by atoms with Crippen LogP contribution in [0.1, 0.15) is 41.9 Å². The van der Waals surface area contributed by atoms with E-state index < -0.39 is 0 Å². The maximum absolute atomic E-state index is 13.6. The Bertz CT molecular complexity index is 1020. The molecular weight excluding hydrogens is 396 g/mol. The molecule has 3 aromatic carbocycles. The fourth-order valence-corrected chi connectivity index (χ4v) is 4.42. The molecule has 1 fully saturated rings. The van der Waals surface area contributed by atoms with Crippen LogP contribution in [0.2, 0.25) is 0 Å². The van der Waals surface area contributed by atoms with Crippen LogP contribution in [0.15, 0.2) is 84.9 Å². The third-order valence-electron chi connectivity index (χ3n) is 6.25. The van der Waals surface area contributed by atoms with Gasteiger partial charge in [-0.3, -0.25) is 9.59 Å². The number of benzene rings is 3. The second-order valence-corrected chi connectivity index (χ2v) is 8.64. The molecule has 0 aliphatic carbocycles. The number of rotatable bonds is 6. The highest BCUT2D eigenvalue weighted by Gasteiger charge is 2.31. The molecule has 1 unspecified atom stereocenters. The number of hydrogen-bond donors (Lipinski definition) is 1. The fourth-order valence-electron chi connectivity index (χ4n) is 4.42. The normalized spacial score (nSPS) is 15.2. The third-order valence-corrected chi connectivity index (χ3v) is 6.25. The van der Waals surface area contributed by atoms with Crippen LogP contribution in [0.5, 0.6) is 0 Å². The number of nitrogens with zero attached hydrogens (tertiary/aromatic N) is 1. The highest BCUT2D eigenvalue weighted by Crippen LogP contribution is 2.30. The molecule has 1 aliphatic rings. The highest BCUT2D eigenvalue weighted by molar-refractivity contribution is 5.91. The lowest BCUT2D eigenvalue weighted by Gasteiger charge is -2.34. The highest BCUT2D eigenvalue weighted by atomic mass is 16.2. The topological polar surface area (TPSA) is 49.4 Å². The van der Waals surface area contributed by atoms with Crippen LogP contribution in [0, 0.1) is 12.8 Å². The number of carbonyl (C=O) groups excluding carboxylic acids is 2. The maximum atomic E-state index is 13.6. The van der Waals surface area contributed by atoms with Gasteiger partial charge in [-0.15, -0.1) is 0 Å². The Morgan fingerprint density at radius 1 is 0.844 bits per heavy atom. The van der Waals surface area contributed by atoms with Crippen molar-refractivity contribution in [2.75, 3.05) is 18.4 Å². The number of aryl methyl sites for hydroxylation is 1. The Labute approximate surface area is 190 Å². The second kappa shape index (κ2) is 10.3. The molecule has 0 bridgehead atoms. The minimum absolute atomic E-state index is 0.0443. The Hall–Kier alpha value is -3.40. The lowest BCUT2D eigenvalue weighted by atomic mass is 9.87. The fraction of sp³-hybridized carbons (Fsp3) is 0.286. The van der Waals surface area contributed by atoms with E-state index in [0.717, 1.165) is 29.7 Å². The van der Waals surface area contributed by atoms with E-state index in [4.69, 9.17) is 0 Å². The number of nitrogens with one attached hydrogen (secondary N) is 1. The van der Waals surface area contributed by atoms with Gasteiger partial charge in [0, 0.05) is 25.2 Å². The van der Waals surface area contributed by atoms with Crippen molar-refractivity contribution in [1.82, 2.24) is 4.90 Å². The lowest BCUT2D eigenvalue weighted by molar-refractivity contribution is -0.133. The summed E-state index contributed by atoms with van der Waals surface area (Å²) in [6.45, 7) is 3.44. The molecule has 4 rings (SSSR count). The van der Waals surface area contributed by atoms with Gasteiger partial charge < -0.3 is 10.2 Å². The quantitative estimate of drug-likeness (QED) is 0.574. The second-order valence-electron chi connectivity index (χ2n) is 8.64. The van der Waals surface area contributed by atoms with Crippen molar-refractivity contribution in [3.05, 3.63) is 102 Å². The largest absolute Gasteiger partial charge is 0.342 e. The van der Waals surface area contributed by atoms with E-state index in [9.17, 15) is 9.59 Å². The van der Waals surface area contributed by atoms with Crippen LogP contribution in [-0.2, 0) is 9.59 Å². The number of anilines is 1. The van der Waals surface area contributed by atoms with Crippen molar-refractivity contribution in [2.24, 2.45) is 5.92 Å². The summed E-state index contributed by atoms with van der Waals surface area (Å²) < 4.78 is 0. The zero-order valence-electron chi connectivity index (χ0n) is 18.5. The van der Waals surface area contributed by atoms with Gasteiger partial charge in [0.05, 0.1) is 5.92 Å². The summed E-state index contributed by atoms with van der Waals surface area (Å²) >= 11 is 0. The first-order valence-corrected chi connectivity index (χ1v) is 11.4. The first kappa shape index (κ1) is 21.8. The van der Waals surface area contributed by atoms with E-state index in [2.05, 4.69) is 36.5 Å². The van der Waals surface area contributed by atoms with Crippen LogP contribution in [0.4, 0.5) is 5.69 Å². The molecule has 4 heteroatoms. The SMILES string of the molecule is Cc1ccc(C(C(=O)N2CCC(CC(=O)Nc3ccccc3)CC2)c2ccccc2)cc1. The third kappa shape index (κ3) is 5.44. The average Bonchev–Trinajstić information content (AvgIpc) is 2.82. The smallest absolute Gasteiger partial charge is 0.234 e. The lowest BCUT2D eigenvalue weighted by Crippen LogP contribution is -2.42. The molecule has 0 spiro atoms. The molecule has 2 amide bonds. The van der Waals surface area contributed by atoms with E-state index >= 15 is 0 Å². The molecule has 1 atom stereocenters. The van der Waals surface area contributed by atoms with Gasteiger partial charge >= 0.3 is 0 Å². The average molecular weight is 427 g/mol. The van der Waals surface area contributed by atoms with Crippen LogP contribution in [-0.4, -0.2) is 29.8 Å². The molecule has 3 aromatic rings. The number of likely N-dealkylation sites (tertiary alicyclic amines) is 1. The van der Waals surface area contributed by atoms with Crippen molar-refractivity contribution < 1.29 is 9.59 Å². The summed E-state index contributed by atoms with van der Waals surface area (Å²) in [7, 11) is 0. The van der Waals surface area contributed by atoms with Crippen molar-refractivity contribution in [1.29, 1.82) is 0 Å². The molecule has 0 radical (unpaired) electrons. The molecule has 0 saturated carbocycles. The predicted octanol–water partition coefficient (Wildman–Crippen LogP) is 5.39. The van der Waals surface area contributed by atoms with E-state index in [1.807, 2.05) is 65.6 Å². The molecule has 1 aliphatic heterocycles. The zero-order chi connectivity index (χ0) is 22.3. The number of piperidine rings is 1. The van der Waals surface area contributed by atoms with Crippen molar-refractivity contribution >= 4 is 17.5 Å². The number of para-hydroxylation sites is 1. The van der Waals surface area contributed by atoms with Gasteiger partial charge in [-0.1, -0.05) is 78.4 Å². The molecule has 1 heterocycles. The number of hydrogen-bond acceptors (Lipinski definition) is 2. The van der Waals surface area contributed by atoms with E-state index in [-0.39, 0.29) is 17.7 Å². The summed E-state index contributed by atoms with van der Waals surface area (Å²) in [5.74, 6) is 0.196. The van der Waals surface area contributed by atoms with Gasteiger partial charge in [-0.2, -0.15) is 0 Å². The Morgan fingerprint density at radius 3 is 2.03 bits per heavy atom. The molecule has 164 valence electrons. The predicted molar refractivity (Wildman–Crippen MR) is 128 cm³/mol. The molecule has 4 nitrogen and oxygen atoms in total. The van der Waals surface area contributed by atoms with Crippen molar-refractivity contribution in [3.8, 4) is 0 Å². The first-order valence-electron chi connectivity index (χ1n) is 11.4. The summed E-state index contributed by atoms with van der Waals surface area (Å²) in [5.41, 5.74) is 4.05. The van der Waals surface area contributed by atoms with Crippen LogP contribution in [0.25, 0.3) is 0 Å². The van der Waals surface area contributed by atoms with Crippen LogP contribution < -0.4 is 5.32 Å². The minimum Gasteiger partial charge on any atom is -0.342 e. The maximum Gasteiger partial charge on any atom is 0.234 e. The van der Waals surface area contributed by atoms with Gasteiger partial charge in [-0.25, -0.2) is 0 Å². The van der Waals surface area contributed by atoms with E-state index in [0.29, 0.717) is 25.4 Å². The van der Waals surface area contributed by atoms with Gasteiger partial charge in [0.2, 0.25) is 11.8 Å². The Kier molecular flexibility index (Phi) is 7.00. The van der Waals surface area contributed by atoms with E-state index in [1.165, 1.54) is 5.56 Å². The summed E-state index contributed by atoms with van der Waals surface area (Å²) in [6, 6.07) is 27.8. The van der Waals surface area contributed by atoms with Gasteiger partial charge in [0.15, 0.2) is 0 Å². The van der Waals surface area contributed by atoms with E-state index in [1.54, 1.807) is 0 Å². The van der Waals surface area contributed by atoms with Gasteiger partial charge in [0.25, 0.3) is 0 Å². The van der Waals surface area contributed by atoms with Crippen LogP contribution >= 0.6 is 0 Å². The summed E-state index contributed by atoms with van der Waals surface area (Å²) in [6.07, 6.45) is 2.20. The molecular formula is C28H30N2O2. The monoisotopic (exact) mass is 426 g/mol. The molecule has 0 aromatic heterocycles. The molecule has 32 heavy (non-hydrogen) atoms. The minimum atomic E-state index is -0.297. The number of amides is 2. The van der Waals surface area contributed by atoms with Crippen molar-refractivity contribution in [3.63, 3.8) is 0 Å². The van der Waals surface area contributed by atoms with Crippen LogP contribution in [0.3, 0.4) is 0 Å². The Balaban J connectivity index is 1.39.